The van der Waals surface area contributed by atoms with E-state index in [1.54, 1.807) is 0 Å². The monoisotopic (exact) mass is 236 g/mol. The Morgan fingerprint density at radius 2 is 2.44 bits per heavy atom. The van der Waals surface area contributed by atoms with E-state index in [4.69, 9.17) is 0 Å². The fourth-order valence-electron chi connectivity index (χ4n) is 1.50. The normalized spacial score (nSPS) is 12.1. The van der Waals surface area contributed by atoms with Gasteiger partial charge in [-0.25, -0.2) is 4.98 Å². The molecular weight excluding hydrogens is 216 g/mol. The van der Waals surface area contributed by atoms with Crippen LogP contribution in [0.15, 0.2) is 31.0 Å². The van der Waals surface area contributed by atoms with E-state index in [0.29, 0.717) is 6.04 Å². The van der Waals surface area contributed by atoms with Crippen molar-refractivity contribution in [1.29, 1.82) is 0 Å². The van der Waals surface area contributed by atoms with Gasteiger partial charge in [-0.2, -0.15) is 11.8 Å². The number of nitrogens with one attached hydrogen (secondary N) is 1. The van der Waals surface area contributed by atoms with Gasteiger partial charge in [-0.3, -0.25) is 0 Å². The number of aromatic nitrogens is 1. The summed E-state index contributed by atoms with van der Waals surface area (Å²) in [5.41, 5.74) is 1.32. The van der Waals surface area contributed by atoms with Gasteiger partial charge in [-0.1, -0.05) is 6.08 Å². The van der Waals surface area contributed by atoms with Crippen LogP contribution in [0.2, 0.25) is 0 Å². The van der Waals surface area contributed by atoms with Gasteiger partial charge in [-0.15, -0.1) is 6.58 Å². The molecule has 1 rings (SSSR count). The van der Waals surface area contributed by atoms with Gasteiger partial charge in [-0.05, 0) is 43.7 Å². The van der Waals surface area contributed by atoms with Gasteiger partial charge < -0.3 is 5.32 Å². The summed E-state index contributed by atoms with van der Waals surface area (Å²) in [7, 11) is 0. The van der Waals surface area contributed by atoms with Crippen molar-refractivity contribution < 1.29 is 0 Å². The molecule has 0 saturated heterocycles. The molecule has 0 radical (unpaired) electrons. The highest BCUT2D eigenvalue weighted by atomic mass is 32.2. The molecule has 3 heteroatoms. The van der Waals surface area contributed by atoms with Crippen molar-refractivity contribution >= 4 is 17.6 Å². The summed E-state index contributed by atoms with van der Waals surface area (Å²) in [4.78, 5) is 4.32. The number of hydrogen-bond donors (Lipinski definition) is 1. The average molecular weight is 236 g/mol. The minimum atomic E-state index is 0.440. The van der Waals surface area contributed by atoms with E-state index in [1.807, 2.05) is 24.0 Å². The van der Waals surface area contributed by atoms with Gasteiger partial charge in [0.25, 0.3) is 0 Å². The van der Waals surface area contributed by atoms with Gasteiger partial charge in [0.1, 0.15) is 5.82 Å². The molecule has 0 amide bonds. The van der Waals surface area contributed by atoms with Crippen LogP contribution in [0.5, 0.6) is 0 Å². The summed E-state index contributed by atoms with van der Waals surface area (Å²) in [5.74, 6) is 2.02. The maximum Gasteiger partial charge on any atom is 0.126 e. The first-order valence-electron chi connectivity index (χ1n) is 5.57. The topological polar surface area (TPSA) is 24.9 Å². The molecule has 0 aliphatic rings. The minimum absolute atomic E-state index is 0.440. The highest BCUT2D eigenvalue weighted by Gasteiger charge is 2.02. The van der Waals surface area contributed by atoms with Crippen molar-refractivity contribution in [3.63, 3.8) is 0 Å². The summed E-state index contributed by atoms with van der Waals surface area (Å²) in [6, 6.07) is 4.63. The van der Waals surface area contributed by atoms with Gasteiger partial charge in [0, 0.05) is 18.0 Å². The van der Waals surface area contributed by atoms with Crippen molar-refractivity contribution in [1.82, 2.24) is 4.98 Å². The van der Waals surface area contributed by atoms with Crippen LogP contribution in [0.3, 0.4) is 0 Å². The lowest BCUT2D eigenvalue weighted by atomic mass is 10.2. The van der Waals surface area contributed by atoms with E-state index < -0.39 is 0 Å². The number of anilines is 1. The van der Waals surface area contributed by atoms with Gasteiger partial charge in [0.2, 0.25) is 0 Å². The fourth-order valence-corrected chi connectivity index (χ4v) is 2.02. The van der Waals surface area contributed by atoms with Crippen LogP contribution in [-0.4, -0.2) is 17.3 Å². The zero-order chi connectivity index (χ0) is 11.8. The van der Waals surface area contributed by atoms with E-state index in [-0.39, 0.29) is 0 Å². The van der Waals surface area contributed by atoms with E-state index in [1.165, 1.54) is 5.56 Å². The van der Waals surface area contributed by atoms with Gasteiger partial charge in [0.15, 0.2) is 0 Å². The van der Waals surface area contributed by atoms with Gasteiger partial charge >= 0.3 is 0 Å². The van der Waals surface area contributed by atoms with E-state index in [9.17, 15) is 0 Å². The summed E-state index contributed by atoms with van der Waals surface area (Å²) >= 11 is 1.83. The molecule has 1 heterocycles. The van der Waals surface area contributed by atoms with Crippen molar-refractivity contribution in [2.24, 2.45) is 0 Å². The Bertz CT molecular complexity index is 325. The Hall–Kier alpha value is -0.960. The first kappa shape index (κ1) is 13.1. The third-order valence-corrected chi connectivity index (χ3v) is 2.96. The molecule has 0 spiro atoms. The molecule has 0 bridgehead atoms. The van der Waals surface area contributed by atoms with Crippen LogP contribution < -0.4 is 5.32 Å². The quantitative estimate of drug-likeness (QED) is 0.730. The highest BCUT2D eigenvalue weighted by Crippen LogP contribution is 2.14. The van der Waals surface area contributed by atoms with Crippen molar-refractivity contribution in [2.75, 3.05) is 11.6 Å². The lowest BCUT2D eigenvalue weighted by Gasteiger charge is -2.13. The fraction of sp³-hybridized carbons (Fsp3) is 0.462. The van der Waals surface area contributed by atoms with Crippen LogP contribution >= 0.6 is 11.8 Å². The Kier molecular flexibility index (Phi) is 6.01. The summed E-state index contributed by atoms with van der Waals surface area (Å²) < 4.78 is 0. The largest absolute Gasteiger partial charge is 0.368 e. The lowest BCUT2D eigenvalue weighted by molar-refractivity contribution is 0.715. The molecule has 0 saturated carbocycles. The summed E-state index contributed by atoms with van der Waals surface area (Å²) in [6.45, 7) is 5.91. The molecule has 1 aromatic rings. The molecular formula is C13H20N2S. The molecule has 0 aromatic carbocycles. The Balaban J connectivity index is 2.52. The number of hydrogen-bond acceptors (Lipinski definition) is 3. The average Bonchev–Trinajstić information content (AvgIpc) is 2.27. The first-order valence-corrected chi connectivity index (χ1v) is 6.97. The number of pyridine rings is 1. The number of rotatable bonds is 7. The van der Waals surface area contributed by atoms with Crippen LogP contribution in [0.25, 0.3) is 0 Å². The zero-order valence-corrected chi connectivity index (χ0v) is 10.9. The smallest absolute Gasteiger partial charge is 0.126 e. The highest BCUT2D eigenvalue weighted by molar-refractivity contribution is 7.97. The standard InChI is InChI=1S/C13H20N2S/c1-4-5-6-11(2)15-13-9-12(10-16-3)7-8-14-13/h4,7-9,11H,1,5-6,10H2,2-3H3,(H,14,15). The predicted molar refractivity (Wildman–Crippen MR) is 74.0 cm³/mol. The van der Waals surface area contributed by atoms with Crippen LogP contribution in [0.4, 0.5) is 5.82 Å². The van der Waals surface area contributed by atoms with Crippen molar-refractivity contribution in [3.05, 3.63) is 36.5 Å². The Morgan fingerprint density at radius 1 is 1.62 bits per heavy atom. The van der Waals surface area contributed by atoms with E-state index in [2.05, 4.69) is 42.2 Å². The summed E-state index contributed by atoms with van der Waals surface area (Å²) in [6.07, 6.45) is 8.07. The molecule has 88 valence electrons. The molecule has 1 N–H and O–H groups in total. The SMILES string of the molecule is C=CCCC(C)Nc1cc(CSC)ccn1. The number of thioether (sulfide) groups is 1. The number of nitrogens with zero attached hydrogens (tertiary/aromatic N) is 1. The number of allylic oxidation sites excluding steroid dienone is 1. The first-order chi connectivity index (χ1) is 7.76. The second-order valence-electron chi connectivity index (χ2n) is 3.89. The van der Waals surface area contributed by atoms with Crippen molar-refractivity contribution in [3.8, 4) is 0 Å². The molecule has 1 aromatic heterocycles. The third-order valence-electron chi connectivity index (χ3n) is 2.33. The second kappa shape index (κ2) is 7.34. The molecule has 16 heavy (non-hydrogen) atoms. The molecule has 1 atom stereocenters. The van der Waals surface area contributed by atoms with Crippen LogP contribution in [0, 0.1) is 0 Å². The third kappa shape index (κ3) is 4.71. The summed E-state index contributed by atoms with van der Waals surface area (Å²) in [5, 5.41) is 3.41. The Labute approximate surface area is 103 Å². The second-order valence-corrected chi connectivity index (χ2v) is 4.76. The van der Waals surface area contributed by atoms with Crippen LogP contribution in [0.1, 0.15) is 25.3 Å². The maximum absolute atomic E-state index is 4.32. The van der Waals surface area contributed by atoms with E-state index >= 15 is 0 Å². The molecule has 0 aliphatic carbocycles. The molecule has 0 fully saturated rings. The van der Waals surface area contributed by atoms with Crippen molar-refractivity contribution in [2.45, 2.75) is 31.6 Å². The lowest BCUT2D eigenvalue weighted by Crippen LogP contribution is -2.15. The van der Waals surface area contributed by atoms with Gasteiger partial charge in [0.05, 0.1) is 0 Å². The predicted octanol–water partition coefficient (Wildman–Crippen LogP) is 3.71. The molecule has 1 unspecified atom stereocenters. The Morgan fingerprint density at radius 3 is 3.12 bits per heavy atom. The minimum Gasteiger partial charge on any atom is -0.368 e. The zero-order valence-electron chi connectivity index (χ0n) is 10.1. The van der Waals surface area contributed by atoms with E-state index in [0.717, 1.165) is 24.4 Å². The molecule has 0 aliphatic heterocycles. The maximum atomic E-state index is 4.32. The molecule has 2 nitrogen and oxygen atoms in total. The van der Waals surface area contributed by atoms with Crippen LogP contribution in [-0.2, 0) is 5.75 Å².